The second-order valence-corrected chi connectivity index (χ2v) is 6.91. The Morgan fingerprint density at radius 2 is 1.45 bits per heavy atom. The average molecular weight is 390 g/mol. The summed E-state index contributed by atoms with van der Waals surface area (Å²) in [6.45, 7) is 8.69. The molecule has 1 heterocycles. The van der Waals surface area contributed by atoms with Gasteiger partial charge < -0.3 is 21.3 Å². The molecule has 0 aliphatic heterocycles. The molecule has 2 amide bonds. The summed E-state index contributed by atoms with van der Waals surface area (Å²) >= 11 is 0. The normalized spacial score (nSPS) is 10.3. The first-order valence-electron chi connectivity index (χ1n) is 9.54. The van der Waals surface area contributed by atoms with E-state index < -0.39 is 0 Å². The van der Waals surface area contributed by atoms with E-state index in [4.69, 9.17) is 0 Å². The van der Waals surface area contributed by atoms with Gasteiger partial charge in [0, 0.05) is 35.4 Å². The van der Waals surface area contributed by atoms with Crippen molar-refractivity contribution in [3.8, 4) is 0 Å². The number of nitrogens with zero attached hydrogens (tertiary/aromatic N) is 2. The fourth-order valence-electron chi connectivity index (χ4n) is 2.99. The first-order valence-corrected chi connectivity index (χ1v) is 9.54. The molecular weight excluding hydrogens is 364 g/mol. The molecule has 0 fully saturated rings. The van der Waals surface area contributed by atoms with Gasteiger partial charge in [-0.3, -0.25) is 0 Å². The summed E-state index contributed by atoms with van der Waals surface area (Å²) in [4.78, 5) is 21.0. The van der Waals surface area contributed by atoms with Crippen molar-refractivity contribution in [2.24, 2.45) is 0 Å². The van der Waals surface area contributed by atoms with Gasteiger partial charge in [0.1, 0.15) is 5.82 Å². The van der Waals surface area contributed by atoms with E-state index >= 15 is 0 Å². The van der Waals surface area contributed by atoms with Crippen LogP contribution in [0.2, 0.25) is 0 Å². The zero-order valence-corrected chi connectivity index (χ0v) is 17.1. The molecule has 3 rings (SSSR count). The maximum Gasteiger partial charge on any atom is 0.323 e. The van der Waals surface area contributed by atoms with Crippen LogP contribution in [0.25, 0.3) is 0 Å². The van der Waals surface area contributed by atoms with Gasteiger partial charge in [-0.2, -0.15) is 4.98 Å². The minimum atomic E-state index is -0.280. The number of hydrogen-bond donors (Lipinski definition) is 4. The molecule has 0 aliphatic rings. The average Bonchev–Trinajstić information content (AvgIpc) is 2.62. The summed E-state index contributed by atoms with van der Waals surface area (Å²) in [6, 6.07) is 15.0. The van der Waals surface area contributed by atoms with Crippen molar-refractivity contribution >= 4 is 34.9 Å². The third-order valence-corrected chi connectivity index (χ3v) is 4.08. The lowest BCUT2D eigenvalue weighted by Crippen LogP contribution is -2.19. The van der Waals surface area contributed by atoms with Crippen LogP contribution in [0.15, 0.2) is 48.5 Å². The summed E-state index contributed by atoms with van der Waals surface area (Å²) < 4.78 is 0. The van der Waals surface area contributed by atoms with Gasteiger partial charge in [0.15, 0.2) is 0 Å². The molecule has 0 aliphatic carbocycles. The van der Waals surface area contributed by atoms with Crippen molar-refractivity contribution in [1.29, 1.82) is 0 Å². The number of carbonyl (C=O) groups excluding carboxylic acids is 1. The Morgan fingerprint density at radius 1 is 0.828 bits per heavy atom. The maximum atomic E-state index is 12.3. The number of hydrogen-bond acceptors (Lipinski definition) is 5. The van der Waals surface area contributed by atoms with Gasteiger partial charge in [-0.15, -0.1) is 0 Å². The molecule has 0 unspecified atom stereocenters. The molecule has 0 atom stereocenters. The number of nitrogens with one attached hydrogen (secondary N) is 4. The van der Waals surface area contributed by atoms with Crippen molar-refractivity contribution in [2.45, 2.75) is 27.7 Å². The minimum absolute atomic E-state index is 0.280. The van der Waals surface area contributed by atoms with Crippen LogP contribution in [0.1, 0.15) is 23.7 Å². The van der Waals surface area contributed by atoms with E-state index in [0.717, 1.165) is 34.7 Å². The van der Waals surface area contributed by atoms with Crippen LogP contribution >= 0.6 is 0 Å². The smallest absolute Gasteiger partial charge is 0.323 e. The summed E-state index contributed by atoms with van der Waals surface area (Å²) in [5.41, 5.74) is 5.42. The molecule has 3 aromatic rings. The lowest BCUT2D eigenvalue weighted by atomic mass is 10.1. The molecule has 4 N–H and O–H groups in total. The highest BCUT2D eigenvalue weighted by Gasteiger charge is 2.05. The Balaban J connectivity index is 1.62. The van der Waals surface area contributed by atoms with E-state index in [2.05, 4.69) is 37.3 Å². The van der Waals surface area contributed by atoms with Crippen LogP contribution in [0.5, 0.6) is 0 Å². The van der Waals surface area contributed by atoms with Crippen LogP contribution in [-0.4, -0.2) is 22.5 Å². The SMILES string of the molecule is CCNc1nc(C)cc(Nc2ccc(NC(=O)Nc3cc(C)cc(C)c3)cc2)n1. The molecule has 7 nitrogen and oxygen atoms in total. The lowest BCUT2D eigenvalue weighted by molar-refractivity contribution is 0.262. The standard InChI is InChI=1S/C22H26N6O/c1-5-23-21-24-16(4)13-20(28-21)25-17-6-8-18(9-7-17)26-22(29)27-19-11-14(2)10-15(3)12-19/h6-13H,5H2,1-4H3,(H2,26,27,29)(H2,23,24,25,28). The molecule has 0 spiro atoms. The predicted molar refractivity (Wildman–Crippen MR) is 119 cm³/mol. The van der Waals surface area contributed by atoms with Crippen molar-refractivity contribution in [1.82, 2.24) is 9.97 Å². The number of urea groups is 1. The largest absolute Gasteiger partial charge is 0.354 e. The van der Waals surface area contributed by atoms with Crippen molar-refractivity contribution in [2.75, 3.05) is 27.8 Å². The molecule has 150 valence electrons. The molecule has 29 heavy (non-hydrogen) atoms. The van der Waals surface area contributed by atoms with Crippen molar-refractivity contribution < 1.29 is 4.79 Å². The van der Waals surface area contributed by atoms with Gasteiger partial charge in [0.05, 0.1) is 0 Å². The van der Waals surface area contributed by atoms with Gasteiger partial charge in [-0.25, -0.2) is 9.78 Å². The van der Waals surface area contributed by atoms with E-state index in [1.165, 1.54) is 0 Å². The topological polar surface area (TPSA) is 91.0 Å². The molecule has 1 aromatic heterocycles. The second kappa shape index (κ2) is 9.05. The van der Waals surface area contributed by atoms with Crippen molar-refractivity contribution in [3.63, 3.8) is 0 Å². The van der Waals surface area contributed by atoms with Crippen LogP contribution in [0, 0.1) is 20.8 Å². The number of amides is 2. The highest BCUT2D eigenvalue weighted by molar-refractivity contribution is 5.99. The van der Waals surface area contributed by atoms with E-state index in [0.29, 0.717) is 17.5 Å². The van der Waals surface area contributed by atoms with Crippen LogP contribution in [0.4, 0.5) is 33.6 Å². The van der Waals surface area contributed by atoms with Gasteiger partial charge in [0.25, 0.3) is 0 Å². The Kier molecular flexibility index (Phi) is 6.29. The molecule has 0 saturated carbocycles. The third kappa shape index (κ3) is 5.93. The minimum Gasteiger partial charge on any atom is -0.354 e. The molecule has 7 heteroatoms. The predicted octanol–water partition coefficient (Wildman–Crippen LogP) is 5.22. The number of benzene rings is 2. The van der Waals surface area contributed by atoms with E-state index in [9.17, 15) is 4.79 Å². The van der Waals surface area contributed by atoms with Crippen LogP contribution < -0.4 is 21.3 Å². The number of anilines is 5. The number of carbonyl (C=O) groups is 1. The van der Waals surface area contributed by atoms with Crippen LogP contribution in [0.3, 0.4) is 0 Å². The Bertz CT molecular complexity index is 980. The van der Waals surface area contributed by atoms with E-state index in [1.807, 2.05) is 70.2 Å². The fourth-order valence-corrected chi connectivity index (χ4v) is 2.99. The highest BCUT2D eigenvalue weighted by Crippen LogP contribution is 2.20. The molecule has 2 aromatic carbocycles. The zero-order valence-electron chi connectivity index (χ0n) is 17.1. The molecule has 0 saturated heterocycles. The van der Waals surface area contributed by atoms with Gasteiger partial charge in [-0.05, 0) is 75.2 Å². The monoisotopic (exact) mass is 390 g/mol. The first kappa shape index (κ1) is 20.1. The quantitative estimate of drug-likeness (QED) is 0.463. The zero-order chi connectivity index (χ0) is 20.8. The number of aromatic nitrogens is 2. The maximum absolute atomic E-state index is 12.3. The van der Waals surface area contributed by atoms with Gasteiger partial charge in [0.2, 0.25) is 5.95 Å². The number of rotatable bonds is 6. The van der Waals surface area contributed by atoms with Crippen LogP contribution in [-0.2, 0) is 0 Å². The Hall–Kier alpha value is -3.61. The lowest BCUT2D eigenvalue weighted by Gasteiger charge is -2.11. The number of aryl methyl sites for hydroxylation is 3. The summed E-state index contributed by atoms with van der Waals surface area (Å²) in [7, 11) is 0. The summed E-state index contributed by atoms with van der Waals surface area (Å²) in [5, 5.41) is 12.1. The summed E-state index contributed by atoms with van der Waals surface area (Å²) in [5.74, 6) is 1.30. The van der Waals surface area contributed by atoms with Crippen molar-refractivity contribution in [3.05, 3.63) is 65.4 Å². The highest BCUT2D eigenvalue weighted by atomic mass is 16.2. The van der Waals surface area contributed by atoms with Gasteiger partial charge in [-0.1, -0.05) is 6.07 Å². The van der Waals surface area contributed by atoms with E-state index in [1.54, 1.807) is 0 Å². The Morgan fingerprint density at radius 3 is 2.10 bits per heavy atom. The van der Waals surface area contributed by atoms with Gasteiger partial charge >= 0.3 is 6.03 Å². The molecular formula is C22H26N6O. The summed E-state index contributed by atoms with van der Waals surface area (Å²) in [6.07, 6.45) is 0. The first-order chi connectivity index (χ1) is 13.9. The fraction of sp³-hybridized carbons (Fsp3) is 0.227. The molecule has 0 bridgehead atoms. The third-order valence-electron chi connectivity index (χ3n) is 4.08. The molecule has 0 radical (unpaired) electrons. The Labute approximate surface area is 171 Å². The second-order valence-electron chi connectivity index (χ2n) is 6.91. The van der Waals surface area contributed by atoms with E-state index in [-0.39, 0.29) is 6.03 Å².